The fraction of sp³-hybridized carbons (Fsp3) is 0.321. The maximum Gasteiger partial charge on any atom is 0.278 e. The molecule has 1 N–H and O–H groups in total. The van der Waals surface area contributed by atoms with E-state index < -0.39 is 0 Å². The Labute approximate surface area is 198 Å². The Morgan fingerprint density at radius 3 is 2.76 bits per heavy atom. The molecule has 0 saturated heterocycles. The van der Waals surface area contributed by atoms with Gasteiger partial charge in [-0.2, -0.15) is 0 Å². The van der Waals surface area contributed by atoms with Crippen LogP contribution in [-0.2, 0) is 17.9 Å². The summed E-state index contributed by atoms with van der Waals surface area (Å²) in [5.41, 5.74) is 5.39. The smallest absolute Gasteiger partial charge is 0.278 e. The van der Waals surface area contributed by atoms with E-state index in [0.29, 0.717) is 24.1 Å². The molecule has 34 heavy (non-hydrogen) atoms. The van der Waals surface area contributed by atoms with E-state index in [1.54, 1.807) is 10.9 Å². The second-order valence-electron chi connectivity index (χ2n) is 9.18. The van der Waals surface area contributed by atoms with Crippen molar-refractivity contribution < 1.29 is 4.79 Å². The number of hydrogen-bond acceptors (Lipinski definition) is 3. The number of rotatable bonds is 7. The first-order valence-electron chi connectivity index (χ1n) is 12.1. The lowest BCUT2D eigenvalue weighted by Crippen LogP contribution is -2.30. The predicted octanol–water partition coefficient (Wildman–Crippen LogP) is 4.71. The number of fused-ring (bicyclic) bond motifs is 3. The Morgan fingerprint density at radius 2 is 1.97 bits per heavy atom. The molecule has 2 aromatic heterocycles. The van der Waals surface area contributed by atoms with Crippen molar-refractivity contribution in [2.75, 3.05) is 6.54 Å². The molecule has 6 heteroatoms. The second kappa shape index (κ2) is 9.67. The summed E-state index contributed by atoms with van der Waals surface area (Å²) < 4.78 is 3.45. The number of hydrogen-bond donors (Lipinski definition) is 1. The normalized spacial score (nSPS) is 13.9. The second-order valence-corrected chi connectivity index (χ2v) is 9.18. The number of aryl methyl sites for hydroxylation is 1. The number of carbonyl (C=O) groups excluding carboxylic acids is 1. The predicted molar refractivity (Wildman–Crippen MR) is 136 cm³/mol. The number of amides is 1. The van der Waals surface area contributed by atoms with Crippen molar-refractivity contribution in [3.05, 3.63) is 88.0 Å². The van der Waals surface area contributed by atoms with E-state index in [9.17, 15) is 9.59 Å². The summed E-state index contributed by atoms with van der Waals surface area (Å²) in [6.07, 6.45) is 9.60. The quantitative estimate of drug-likeness (QED) is 0.411. The molecule has 0 spiro atoms. The Morgan fingerprint density at radius 1 is 1.12 bits per heavy atom. The van der Waals surface area contributed by atoms with Gasteiger partial charge in [-0.15, -0.1) is 0 Å². The number of nitrogens with zero attached hydrogens (tertiary/aromatic N) is 3. The first-order chi connectivity index (χ1) is 16.6. The maximum atomic E-state index is 13.6. The van der Waals surface area contributed by atoms with Gasteiger partial charge in [0, 0.05) is 11.9 Å². The summed E-state index contributed by atoms with van der Waals surface area (Å²) in [5, 5.41) is 3.96. The third-order valence-corrected chi connectivity index (χ3v) is 6.63. The highest BCUT2D eigenvalue weighted by Crippen LogP contribution is 2.26. The molecule has 2 aromatic carbocycles. The van der Waals surface area contributed by atoms with Crippen molar-refractivity contribution in [1.82, 2.24) is 19.4 Å². The van der Waals surface area contributed by atoms with Gasteiger partial charge in [-0.05, 0) is 56.7 Å². The average Bonchev–Trinajstić information content (AvgIpc) is 3.15. The Balaban J connectivity index is 1.47. The summed E-state index contributed by atoms with van der Waals surface area (Å²) in [6.45, 7) is 3.17. The van der Waals surface area contributed by atoms with E-state index in [0.717, 1.165) is 41.3 Å². The molecule has 0 unspecified atom stereocenters. The van der Waals surface area contributed by atoms with Crippen LogP contribution in [0.25, 0.3) is 21.9 Å². The summed E-state index contributed by atoms with van der Waals surface area (Å²) >= 11 is 0. The molecule has 0 atom stereocenters. The van der Waals surface area contributed by atoms with Gasteiger partial charge in [0.15, 0.2) is 0 Å². The Kier molecular flexibility index (Phi) is 6.30. The molecule has 174 valence electrons. The fourth-order valence-corrected chi connectivity index (χ4v) is 4.86. The molecule has 1 amide bonds. The van der Waals surface area contributed by atoms with E-state index in [1.165, 1.54) is 18.4 Å². The van der Waals surface area contributed by atoms with Crippen LogP contribution in [0.4, 0.5) is 0 Å². The van der Waals surface area contributed by atoms with Gasteiger partial charge >= 0.3 is 0 Å². The number of carbonyl (C=O) groups is 1. The SMILES string of the molecule is Cc1ccc2c(c1)c1ncn(Cc3ccccc3)c(=O)c1n2CC(=O)NCCC1=CCCCC1. The van der Waals surface area contributed by atoms with Crippen molar-refractivity contribution in [2.24, 2.45) is 0 Å². The summed E-state index contributed by atoms with van der Waals surface area (Å²) in [4.78, 5) is 31.1. The Hall–Kier alpha value is -3.67. The van der Waals surface area contributed by atoms with Crippen LogP contribution in [0.15, 0.2) is 71.3 Å². The molecule has 0 radical (unpaired) electrons. The highest BCUT2D eigenvalue weighted by Gasteiger charge is 2.18. The average molecular weight is 455 g/mol. The van der Waals surface area contributed by atoms with Gasteiger partial charge in [-0.1, -0.05) is 53.6 Å². The number of allylic oxidation sites excluding steroid dienone is 1. The monoisotopic (exact) mass is 454 g/mol. The zero-order valence-corrected chi connectivity index (χ0v) is 19.6. The highest BCUT2D eigenvalue weighted by atomic mass is 16.2. The first kappa shape index (κ1) is 22.1. The molecule has 2 heterocycles. The van der Waals surface area contributed by atoms with Crippen molar-refractivity contribution in [3.8, 4) is 0 Å². The summed E-state index contributed by atoms with van der Waals surface area (Å²) in [6, 6.07) is 15.9. The topological polar surface area (TPSA) is 68.9 Å². The molecule has 1 aliphatic carbocycles. The van der Waals surface area contributed by atoms with Gasteiger partial charge < -0.3 is 9.88 Å². The largest absolute Gasteiger partial charge is 0.354 e. The molecule has 5 rings (SSSR count). The van der Waals surface area contributed by atoms with Crippen LogP contribution in [0.3, 0.4) is 0 Å². The molecule has 0 bridgehead atoms. The standard InChI is InChI=1S/C28H30N4O2/c1-20-12-13-24-23(16-20)26-27(28(34)31(19-30-26)17-22-10-6-3-7-11-22)32(24)18-25(33)29-15-14-21-8-4-2-5-9-21/h3,6-8,10-13,16,19H,2,4-5,9,14-15,17-18H2,1H3,(H,29,33). The van der Waals surface area contributed by atoms with Gasteiger partial charge in [-0.3, -0.25) is 14.2 Å². The molecule has 0 fully saturated rings. The molecular formula is C28H30N4O2. The van der Waals surface area contributed by atoms with Gasteiger partial charge in [0.05, 0.1) is 18.4 Å². The number of nitrogens with one attached hydrogen (secondary N) is 1. The van der Waals surface area contributed by atoms with E-state index in [4.69, 9.17) is 0 Å². The van der Waals surface area contributed by atoms with Crippen LogP contribution in [0.1, 0.15) is 43.2 Å². The molecule has 0 saturated carbocycles. The number of benzene rings is 2. The van der Waals surface area contributed by atoms with Crippen molar-refractivity contribution in [2.45, 2.75) is 52.1 Å². The first-order valence-corrected chi connectivity index (χ1v) is 12.1. The lowest BCUT2D eigenvalue weighted by molar-refractivity contribution is -0.121. The van der Waals surface area contributed by atoms with E-state index in [1.807, 2.05) is 60.0 Å². The Bertz CT molecular complexity index is 1430. The zero-order valence-electron chi connectivity index (χ0n) is 19.6. The van der Waals surface area contributed by atoms with Gasteiger partial charge in [-0.25, -0.2) is 4.98 Å². The van der Waals surface area contributed by atoms with Crippen LogP contribution in [0.2, 0.25) is 0 Å². The van der Waals surface area contributed by atoms with Gasteiger partial charge in [0.1, 0.15) is 17.6 Å². The van der Waals surface area contributed by atoms with Crippen LogP contribution in [-0.4, -0.2) is 26.6 Å². The van der Waals surface area contributed by atoms with Crippen LogP contribution in [0.5, 0.6) is 0 Å². The van der Waals surface area contributed by atoms with Crippen LogP contribution >= 0.6 is 0 Å². The minimum Gasteiger partial charge on any atom is -0.354 e. The van der Waals surface area contributed by atoms with E-state index >= 15 is 0 Å². The van der Waals surface area contributed by atoms with Crippen LogP contribution in [0, 0.1) is 6.92 Å². The zero-order chi connectivity index (χ0) is 23.5. The third-order valence-electron chi connectivity index (χ3n) is 6.63. The molecule has 4 aromatic rings. The summed E-state index contributed by atoms with van der Waals surface area (Å²) in [5.74, 6) is -0.0892. The third kappa shape index (κ3) is 4.53. The molecule has 1 aliphatic rings. The maximum absolute atomic E-state index is 13.6. The summed E-state index contributed by atoms with van der Waals surface area (Å²) in [7, 11) is 0. The van der Waals surface area contributed by atoms with Crippen LogP contribution < -0.4 is 10.9 Å². The van der Waals surface area contributed by atoms with Crippen molar-refractivity contribution in [1.29, 1.82) is 0 Å². The van der Waals surface area contributed by atoms with Crippen molar-refractivity contribution >= 4 is 27.8 Å². The lowest BCUT2D eigenvalue weighted by atomic mass is 9.97. The van der Waals surface area contributed by atoms with E-state index in [2.05, 4.69) is 16.4 Å². The minimum atomic E-state index is -0.136. The molecule has 6 nitrogen and oxygen atoms in total. The molecular weight excluding hydrogens is 424 g/mol. The molecule has 0 aliphatic heterocycles. The number of aromatic nitrogens is 3. The van der Waals surface area contributed by atoms with Gasteiger partial charge in [0.2, 0.25) is 5.91 Å². The minimum absolute atomic E-state index is 0.0892. The highest BCUT2D eigenvalue weighted by molar-refractivity contribution is 6.06. The lowest BCUT2D eigenvalue weighted by Gasteiger charge is -2.13. The fourth-order valence-electron chi connectivity index (χ4n) is 4.86. The van der Waals surface area contributed by atoms with Gasteiger partial charge in [0.25, 0.3) is 5.56 Å². The van der Waals surface area contributed by atoms with E-state index in [-0.39, 0.29) is 18.0 Å². The van der Waals surface area contributed by atoms with Crippen molar-refractivity contribution in [3.63, 3.8) is 0 Å².